The molecule has 3 aromatic carbocycles. The van der Waals surface area contributed by atoms with Gasteiger partial charge in [0, 0.05) is 54.7 Å². The molecule has 1 saturated heterocycles. The molecule has 0 aliphatic carbocycles. The van der Waals surface area contributed by atoms with Crippen molar-refractivity contribution in [3.63, 3.8) is 0 Å². The van der Waals surface area contributed by atoms with E-state index in [4.69, 9.17) is 16.2 Å². The first-order chi connectivity index (χ1) is 17.0. The van der Waals surface area contributed by atoms with Crippen molar-refractivity contribution in [1.82, 2.24) is 4.90 Å². The summed E-state index contributed by atoms with van der Waals surface area (Å²) in [5, 5.41) is 0. The molecule has 1 aliphatic heterocycles. The fourth-order valence-electron chi connectivity index (χ4n) is 3.87. The van der Waals surface area contributed by atoms with Gasteiger partial charge >= 0.3 is 0 Å². The molecule has 0 atom stereocenters. The third kappa shape index (κ3) is 6.49. The van der Waals surface area contributed by atoms with E-state index in [1.165, 1.54) is 0 Å². The Morgan fingerprint density at radius 1 is 1.00 bits per heavy atom. The third-order valence-electron chi connectivity index (χ3n) is 5.96. The van der Waals surface area contributed by atoms with Gasteiger partial charge in [-0.05, 0) is 55.1 Å². The van der Waals surface area contributed by atoms with E-state index in [2.05, 4.69) is 21.8 Å². The predicted octanol–water partition coefficient (Wildman–Crippen LogP) is 3.66. The van der Waals surface area contributed by atoms with Crippen molar-refractivity contribution in [2.75, 3.05) is 50.5 Å². The average molecular weight is 470 g/mol. The molecule has 0 spiro atoms. The Kier molecular flexibility index (Phi) is 7.80. The summed E-state index contributed by atoms with van der Waals surface area (Å²) in [7, 11) is 2.12. The Morgan fingerprint density at radius 3 is 2.40 bits per heavy atom. The molecule has 7 heteroatoms. The van der Waals surface area contributed by atoms with E-state index in [9.17, 15) is 4.79 Å². The second-order valence-corrected chi connectivity index (χ2v) is 8.51. The number of nitrogens with zero attached hydrogens (tertiary/aromatic N) is 3. The Labute approximate surface area is 206 Å². The molecule has 1 aliphatic rings. The number of hydrogen-bond acceptors (Lipinski definition) is 5. The van der Waals surface area contributed by atoms with Crippen molar-refractivity contribution in [1.29, 1.82) is 0 Å². The summed E-state index contributed by atoms with van der Waals surface area (Å²) in [4.78, 5) is 21.4. The predicted molar refractivity (Wildman–Crippen MR) is 143 cm³/mol. The monoisotopic (exact) mass is 469 g/mol. The summed E-state index contributed by atoms with van der Waals surface area (Å²) in [5.41, 5.74) is 15.9. The summed E-state index contributed by atoms with van der Waals surface area (Å²) in [6.07, 6.45) is 3.93. The molecule has 0 aromatic heterocycles. The van der Waals surface area contributed by atoms with Gasteiger partial charge in [-0.3, -0.25) is 4.79 Å². The lowest BCUT2D eigenvalue weighted by molar-refractivity contribution is 0.100. The SMILES string of the molecule is CN1CCN(c2ccc(C(=O)N=C(N)c3ccc(OC/C=C/c4ccccc4)cc3N)cc2)CC1. The van der Waals surface area contributed by atoms with Crippen LogP contribution in [0.15, 0.2) is 83.9 Å². The summed E-state index contributed by atoms with van der Waals surface area (Å²) < 4.78 is 5.74. The quantitative estimate of drug-likeness (QED) is 0.311. The number of ether oxygens (including phenoxy) is 1. The van der Waals surface area contributed by atoms with E-state index in [0.29, 0.717) is 29.2 Å². The molecule has 0 saturated carbocycles. The number of piperazine rings is 1. The second kappa shape index (κ2) is 11.4. The van der Waals surface area contributed by atoms with Crippen molar-refractivity contribution in [2.24, 2.45) is 10.7 Å². The number of anilines is 2. The number of carbonyl (C=O) groups is 1. The van der Waals surface area contributed by atoms with E-state index in [1.54, 1.807) is 30.3 Å². The lowest BCUT2D eigenvalue weighted by atomic mass is 10.1. The fraction of sp³-hybridized carbons (Fsp3) is 0.214. The Hall–Kier alpha value is -4.10. The van der Waals surface area contributed by atoms with Crippen LogP contribution in [0.1, 0.15) is 21.5 Å². The molecule has 180 valence electrons. The number of amidine groups is 1. The smallest absolute Gasteiger partial charge is 0.278 e. The number of nitrogens with two attached hydrogens (primary N) is 2. The summed E-state index contributed by atoms with van der Waals surface area (Å²) in [6, 6.07) is 22.6. The van der Waals surface area contributed by atoms with Crippen molar-refractivity contribution in [3.05, 3.63) is 95.6 Å². The van der Waals surface area contributed by atoms with E-state index < -0.39 is 5.91 Å². The topological polar surface area (TPSA) is 97.2 Å². The molecular formula is C28H31N5O2. The number of aliphatic imine (C=N–C) groups is 1. The molecule has 0 unspecified atom stereocenters. The highest BCUT2D eigenvalue weighted by molar-refractivity contribution is 6.11. The number of likely N-dealkylation sites (N-methyl/N-ethyl adjacent to an activating group) is 1. The van der Waals surface area contributed by atoms with Crippen molar-refractivity contribution >= 4 is 29.2 Å². The third-order valence-corrected chi connectivity index (χ3v) is 5.96. The van der Waals surface area contributed by atoms with Gasteiger partial charge in [0.05, 0.1) is 0 Å². The molecule has 4 N–H and O–H groups in total. The first-order valence-electron chi connectivity index (χ1n) is 11.7. The largest absolute Gasteiger partial charge is 0.489 e. The number of rotatable bonds is 7. The van der Waals surface area contributed by atoms with Crippen LogP contribution in [0, 0.1) is 0 Å². The molecule has 3 aromatic rings. The van der Waals surface area contributed by atoms with Gasteiger partial charge in [0.15, 0.2) is 0 Å². The van der Waals surface area contributed by atoms with Crippen molar-refractivity contribution in [3.8, 4) is 5.75 Å². The standard InChI is InChI=1S/C28H31N5O2/c1-32-15-17-33(18-16-32)23-11-9-22(10-12-23)28(34)31-27(30)25-14-13-24(20-26(25)29)35-19-5-8-21-6-3-2-4-7-21/h2-14,20H,15-19,29H2,1H3,(H2,30,31,34)/b8-5+. The van der Waals surface area contributed by atoms with Crippen LogP contribution in [0.3, 0.4) is 0 Å². The van der Waals surface area contributed by atoms with Gasteiger partial charge in [0.1, 0.15) is 18.2 Å². The maximum atomic E-state index is 12.7. The zero-order valence-electron chi connectivity index (χ0n) is 19.9. The Bertz CT molecular complexity index is 1200. The highest BCUT2D eigenvalue weighted by Gasteiger charge is 2.15. The van der Waals surface area contributed by atoms with E-state index >= 15 is 0 Å². The minimum Gasteiger partial charge on any atom is -0.489 e. The molecule has 1 amide bonds. The Balaban J connectivity index is 1.36. The van der Waals surface area contributed by atoms with Crippen LogP contribution in [0.2, 0.25) is 0 Å². The highest BCUT2D eigenvalue weighted by Crippen LogP contribution is 2.21. The van der Waals surface area contributed by atoms with Crippen LogP contribution in [0.5, 0.6) is 5.75 Å². The van der Waals surface area contributed by atoms with Crippen LogP contribution in [-0.2, 0) is 0 Å². The van der Waals surface area contributed by atoms with Gasteiger partial charge in [-0.15, -0.1) is 0 Å². The lowest BCUT2D eigenvalue weighted by Crippen LogP contribution is -2.44. The minimum absolute atomic E-state index is 0.0752. The van der Waals surface area contributed by atoms with Gasteiger partial charge in [-0.25, -0.2) is 0 Å². The lowest BCUT2D eigenvalue weighted by Gasteiger charge is -2.34. The first kappa shape index (κ1) is 24.0. The van der Waals surface area contributed by atoms with Crippen LogP contribution in [0.4, 0.5) is 11.4 Å². The van der Waals surface area contributed by atoms with Crippen LogP contribution >= 0.6 is 0 Å². The van der Waals surface area contributed by atoms with E-state index in [0.717, 1.165) is 37.4 Å². The van der Waals surface area contributed by atoms with Crippen LogP contribution < -0.4 is 21.1 Å². The van der Waals surface area contributed by atoms with Gasteiger partial charge in [0.25, 0.3) is 5.91 Å². The first-order valence-corrected chi connectivity index (χ1v) is 11.7. The summed E-state index contributed by atoms with van der Waals surface area (Å²) >= 11 is 0. The fourth-order valence-corrected chi connectivity index (χ4v) is 3.87. The second-order valence-electron chi connectivity index (χ2n) is 8.51. The molecule has 1 heterocycles. The maximum absolute atomic E-state index is 12.7. The van der Waals surface area contributed by atoms with Crippen LogP contribution in [-0.4, -0.2) is 56.5 Å². The number of carbonyl (C=O) groups excluding carboxylic acids is 1. The van der Waals surface area contributed by atoms with Crippen LogP contribution in [0.25, 0.3) is 6.08 Å². The number of amides is 1. The maximum Gasteiger partial charge on any atom is 0.278 e. The summed E-state index contributed by atoms with van der Waals surface area (Å²) in [5.74, 6) is 0.284. The molecule has 0 radical (unpaired) electrons. The van der Waals surface area contributed by atoms with Gasteiger partial charge in [-0.1, -0.05) is 36.4 Å². The Morgan fingerprint density at radius 2 is 1.71 bits per heavy atom. The molecule has 35 heavy (non-hydrogen) atoms. The molecule has 1 fully saturated rings. The molecular weight excluding hydrogens is 438 g/mol. The zero-order valence-corrected chi connectivity index (χ0v) is 19.9. The number of hydrogen-bond donors (Lipinski definition) is 2. The minimum atomic E-state index is -0.404. The number of benzene rings is 3. The van der Waals surface area contributed by atoms with Crippen molar-refractivity contribution in [2.45, 2.75) is 0 Å². The van der Waals surface area contributed by atoms with Gasteiger partial charge < -0.3 is 26.0 Å². The summed E-state index contributed by atoms with van der Waals surface area (Å²) in [6.45, 7) is 4.39. The molecule has 0 bridgehead atoms. The van der Waals surface area contributed by atoms with Crippen molar-refractivity contribution < 1.29 is 9.53 Å². The average Bonchev–Trinajstić information content (AvgIpc) is 2.88. The normalized spacial score (nSPS) is 14.9. The number of nitrogen functional groups attached to an aromatic ring is 1. The van der Waals surface area contributed by atoms with Gasteiger partial charge in [-0.2, -0.15) is 4.99 Å². The molecule has 4 rings (SSSR count). The van der Waals surface area contributed by atoms with E-state index in [1.807, 2.05) is 54.6 Å². The molecule has 7 nitrogen and oxygen atoms in total. The zero-order chi connectivity index (χ0) is 24.6. The highest BCUT2D eigenvalue weighted by atomic mass is 16.5. The van der Waals surface area contributed by atoms with Gasteiger partial charge in [0.2, 0.25) is 0 Å². The van der Waals surface area contributed by atoms with E-state index in [-0.39, 0.29) is 5.84 Å².